The number of carbonyl (C=O) groups is 1. The van der Waals surface area contributed by atoms with E-state index < -0.39 is 5.60 Å². The molecule has 4 heteroatoms. The number of halogens is 1. The number of nitrogens with zero attached hydrogens (tertiary/aromatic N) is 1. The van der Waals surface area contributed by atoms with Gasteiger partial charge in [-0.1, -0.05) is 6.42 Å². The van der Waals surface area contributed by atoms with Crippen LogP contribution in [0.15, 0.2) is 0 Å². The number of rotatable bonds is 1. The molecule has 110 valence electrons. The van der Waals surface area contributed by atoms with Crippen molar-refractivity contribution in [1.29, 1.82) is 0 Å². The minimum absolute atomic E-state index is 0.160. The van der Waals surface area contributed by atoms with E-state index in [4.69, 9.17) is 4.74 Å². The number of hydrogen-bond donors (Lipinski definition) is 0. The quantitative estimate of drug-likeness (QED) is 0.726. The summed E-state index contributed by atoms with van der Waals surface area (Å²) < 4.78 is 18.5. The molecule has 1 spiro atoms. The Morgan fingerprint density at radius 3 is 2.47 bits per heavy atom. The molecule has 2 rings (SSSR count). The molecule has 0 aromatic heterocycles. The Hall–Kier alpha value is -0.800. The van der Waals surface area contributed by atoms with Gasteiger partial charge in [0, 0.05) is 13.1 Å². The predicted octanol–water partition coefficient (Wildman–Crippen LogP) is 3.77. The van der Waals surface area contributed by atoms with Gasteiger partial charge in [0.25, 0.3) is 0 Å². The highest BCUT2D eigenvalue weighted by Gasteiger charge is 2.45. The Balaban J connectivity index is 1.90. The molecule has 0 bridgehead atoms. The molecule has 1 aliphatic heterocycles. The van der Waals surface area contributed by atoms with Crippen molar-refractivity contribution in [3.63, 3.8) is 0 Å². The van der Waals surface area contributed by atoms with Crippen LogP contribution < -0.4 is 0 Å². The zero-order valence-corrected chi connectivity index (χ0v) is 12.4. The molecule has 0 radical (unpaired) electrons. The molecule has 1 atom stereocenters. The lowest BCUT2D eigenvalue weighted by atomic mass is 9.71. The standard InChI is InChI=1S/C15H26FNO2/c1-14(2,3)19-13(18)17-9-7-15(8-10-17)6-4-5-12(15)11-16/h12H,4-11H2,1-3H3. The molecule has 1 heterocycles. The first kappa shape index (κ1) is 14.6. The van der Waals surface area contributed by atoms with E-state index in [0.29, 0.717) is 13.1 Å². The largest absolute Gasteiger partial charge is 0.444 e. The number of carbonyl (C=O) groups excluding carboxylic acids is 1. The summed E-state index contributed by atoms with van der Waals surface area (Å²) in [6.45, 7) is 6.87. The number of amides is 1. The van der Waals surface area contributed by atoms with Crippen LogP contribution in [0.1, 0.15) is 52.9 Å². The van der Waals surface area contributed by atoms with Crippen LogP contribution >= 0.6 is 0 Å². The van der Waals surface area contributed by atoms with Crippen molar-refractivity contribution in [3.8, 4) is 0 Å². The number of hydrogen-bond acceptors (Lipinski definition) is 2. The molecular weight excluding hydrogens is 245 g/mol. The van der Waals surface area contributed by atoms with Crippen LogP contribution in [0.25, 0.3) is 0 Å². The predicted molar refractivity (Wildman–Crippen MR) is 72.8 cm³/mol. The van der Waals surface area contributed by atoms with Crippen molar-refractivity contribution in [2.45, 2.75) is 58.5 Å². The van der Waals surface area contributed by atoms with E-state index in [1.807, 2.05) is 20.8 Å². The van der Waals surface area contributed by atoms with Crippen LogP contribution in [0, 0.1) is 11.3 Å². The monoisotopic (exact) mass is 271 g/mol. The third-order valence-corrected chi connectivity index (χ3v) is 4.69. The molecular formula is C15H26FNO2. The van der Waals surface area contributed by atoms with Crippen molar-refractivity contribution in [3.05, 3.63) is 0 Å². The molecule has 0 N–H and O–H groups in total. The van der Waals surface area contributed by atoms with Gasteiger partial charge >= 0.3 is 6.09 Å². The Morgan fingerprint density at radius 1 is 1.32 bits per heavy atom. The van der Waals surface area contributed by atoms with E-state index in [-0.39, 0.29) is 24.1 Å². The summed E-state index contributed by atoms with van der Waals surface area (Å²) in [6, 6.07) is 0. The lowest BCUT2D eigenvalue weighted by molar-refractivity contribution is 0.00231. The van der Waals surface area contributed by atoms with Gasteiger partial charge in [0.05, 0.1) is 6.67 Å². The molecule has 1 saturated heterocycles. The third kappa shape index (κ3) is 3.21. The van der Waals surface area contributed by atoms with Crippen LogP contribution in [-0.4, -0.2) is 36.4 Å². The van der Waals surface area contributed by atoms with Crippen LogP contribution in [-0.2, 0) is 4.74 Å². The summed E-state index contributed by atoms with van der Waals surface area (Å²) in [5, 5.41) is 0. The third-order valence-electron chi connectivity index (χ3n) is 4.69. The summed E-state index contributed by atoms with van der Waals surface area (Å²) in [7, 11) is 0. The molecule has 2 fully saturated rings. The van der Waals surface area contributed by atoms with Crippen LogP contribution in [0.5, 0.6) is 0 Å². The lowest BCUT2D eigenvalue weighted by Gasteiger charge is -2.42. The van der Waals surface area contributed by atoms with Gasteiger partial charge < -0.3 is 9.64 Å². The molecule has 1 aliphatic carbocycles. The molecule has 0 aromatic rings. The summed E-state index contributed by atoms with van der Waals surface area (Å²) >= 11 is 0. The van der Waals surface area contributed by atoms with E-state index in [9.17, 15) is 9.18 Å². The average Bonchev–Trinajstić information content (AvgIpc) is 2.70. The van der Waals surface area contributed by atoms with Gasteiger partial charge in [0.2, 0.25) is 0 Å². The number of ether oxygens (including phenoxy) is 1. The summed E-state index contributed by atoms with van der Waals surface area (Å²) in [5.41, 5.74) is -0.283. The molecule has 3 nitrogen and oxygen atoms in total. The van der Waals surface area contributed by atoms with E-state index in [0.717, 1.165) is 32.1 Å². The normalized spacial score (nSPS) is 26.7. The number of piperidine rings is 1. The molecule has 19 heavy (non-hydrogen) atoms. The fourth-order valence-electron chi connectivity index (χ4n) is 3.57. The summed E-state index contributed by atoms with van der Waals surface area (Å²) in [4.78, 5) is 13.8. The fraction of sp³-hybridized carbons (Fsp3) is 0.933. The second-order valence-electron chi connectivity index (χ2n) is 7.07. The van der Waals surface area contributed by atoms with Gasteiger partial charge in [0.15, 0.2) is 0 Å². The van der Waals surface area contributed by atoms with E-state index in [1.165, 1.54) is 0 Å². The van der Waals surface area contributed by atoms with Crippen molar-refractivity contribution >= 4 is 6.09 Å². The maximum absolute atomic E-state index is 13.1. The highest BCUT2D eigenvalue weighted by Crippen LogP contribution is 2.50. The lowest BCUT2D eigenvalue weighted by Crippen LogP contribution is -2.46. The minimum atomic E-state index is -0.443. The van der Waals surface area contributed by atoms with Gasteiger partial charge in [-0.3, -0.25) is 4.39 Å². The number of alkyl halides is 1. The maximum Gasteiger partial charge on any atom is 0.410 e. The Kier molecular flexibility index (Phi) is 4.07. The first-order valence-corrected chi connectivity index (χ1v) is 7.40. The first-order valence-electron chi connectivity index (χ1n) is 7.40. The average molecular weight is 271 g/mol. The Morgan fingerprint density at radius 2 is 1.95 bits per heavy atom. The SMILES string of the molecule is CC(C)(C)OC(=O)N1CCC2(CCCC2CF)CC1. The smallest absolute Gasteiger partial charge is 0.410 e. The van der Waals surface area contributed by atoms with Crippen LogP contribution in [0.2, 0.25) is 0 Å². The van der Waals surface area contributed by atoms with Crippen molar-refractivity contribution in [2.75, 3.05) is 19.8 Å². The van der Waals surface area contributed by atoms with Crippen molar-refractivity contribution in [1.82, 2.24) is 4.90 Å². The van der Waals surface area contributed by atoms with E-state index >= 15 is 0 Å². The summed E-state index contributed by atoms with van der Waals surface area (Å²) in [5.74, 6) is 0.216. The van der Waals surface area contributed by atoms with Gasteiger partial charge in [-0.2, -0.15) is 0 Å². The Labute approximate surface area is 115 Å². The highest BCUT2D eigenvalue weighted by atomic mass is 19.1. The maximum atomic E-state index is 13.1. The fourth-order valence-corrected chi connectivity index (χ4v) is 3.57. The van der Waals surface area contributed by atoms with Crippen molar-refractivity contribution in [2.24, 2.45) is 11.3 Å². The van der Waals surface area contributed by atoms with Gasteiger partial charge in [0.1, 0.15) is 5.60 Å². The van der Waals surface area contributed by atoms with Crippen LogP contribution in [0.3, 0.4) is 0 Å². The van der Waals surface area contributed by atoms with Gasteiger partial charge in [-0.25, -0.2) is 4.79 Å². The highest BCUT2D eigenvalue weighted by molar-refractivity contribution is 5.68. The zero-order valence-electron chi connectivity index (χ0n) is 12.4. The van der Waals surface area contributed by atoms with Crippen molar-refractivity contribution < 1.29 is 13.9 Å². The molecule has 2 aliphatic rings. The van der Waals surface area contributed by atoms with E-state index in [2.05, 4.69) is 0 Å². The Bertz CT molecular complexity index is 330. The first-order chi connectivity index (χ1) is 8.86. The zero-order chi connectivity index (χ0) is 14.1. The second kappa shape index (κ2) is 5.29. The molecule has 1 saturated carbocycles. The van der Waals surface area contributed by atoms with Gasteiger partial charge in [-0.15, -0.1) is 0 Å². The number of likely N-dealkylation sites (tertiary alicyclic amines) is 1. The summed E-state index contributed by atoms with van der Waals surface area (Å²) in [6.07, 6.45) is 4.92. The second-order valence-corrected chi connectivity index (χ2v) is 7.07. The van der Waals surface area contributed by atoms with Gasteiger partial charge in [-0.05, 0) is 57.8 Å². The topological polar surface area (TPSA) is 29.5 Å². The minimum Gasteiger partial charge on any atom is -0.444 e. The van der Waals surface area contributed by atoms with E-state index in [1.54, 1.807) is 4.90 Å². The molecule has 1 unspecified atom stereocenters. The molecule has 1 amide bonds. The van der Waals surface area contributed by atoms with Crippen LogP contribution in [0.4, 0.5) is 9.18 Å². The molecule has 0 aromatic carbocycles.